The molecule has 0 radical (unpaired) electrons. The van der Waals surface area contributed by atoms with Crippen molar-refractivity contribution in [3.05, 3.63) is 62.6 Å². The lowest BCUT2D eigenvalue weighted by Gasteiger charge is -2.25. The van der Waals surface area contributed by atoms with E-state index in [9.17, 15) is 5.26 Å². The van der Waals surface area contributed by atoms with Crippen LogP contribution in [0.25, 0.3) is 0 Å². The summed E-state index contributed by atoms with van der Waals surface area (Å²) < 4.78 is 6.53. The Kier molecular flexibility index (Phi) is 8.63. The summed E-state index contributed by atoms with van der Waals surface area (Å²) in [6.07, 6.45) is 2.67. The Hall–Kier alpha value is -1.54. The van der Waals surface area contributed by atoms with Gasteiger partial charge in [-0.05, 0) is 73.7 Å². The Bertz CT molecular complexity index is 803. The highest BCUT2D eigenvalue weighted by molar-refractivity contribution is 9.10. The summed E-state index contributed by atoms with van der Waals surface area (Å²) in [6.45, 7) is 5.70. The Morgan fingerprint density at radius 2 is 2.00 bits per heavy atom. The highest BCUT2D eigenvalue weighted by atomic mass is 79.9. The van der Waals surface area contributed by atoms with Crippen LogP contribution >= 0.6 is 27.5 Å². The second kappa shape index (κ2) is 10.7. The Morgan fingerprint density at radius 1 is 1.22 bits per heavy atom. The zero-order chi connectivity index (χ0) is 19.8. The number of rotatable bonds is 9. The van der Waals surface area contributed by atoms with E-state index < -0.39 is 0 Å². The topological polar surface area (TPSA) is 36.3 Å². The molecular formula is C22H26BrClN2O. The Morgan fingerprint density at radius 3 is 2.67 bits per heavy atom. The van der Waals surface area contributed by atoms with Gasteiger partial charge in [0.25, 0.3) is 0 Å². The van der Waals surface area contributed by atoms with Gasteiger partial charge < -0.3 is 4.74 Å². The molecule has 0 aliphatic rings. The number of halogens is 2. The van der Waals surface area contributed by atoms with Crippen molar-refractivity contribution in [3.8, 4) is 11.8 Å². The number of nitriles is 1. The van der Waals surface area contributed by atoms with E-state index >= 15 is 0 Å². The summed E-state index contributed by atoms with van der Waals surface area (Å²) in [5.41, 5.74) is 3.48. The summed E-state index contributed by atoms with van der Waals surface area (Å²) in [7, 11) is 1.69. The highest BCUT2D eigenvalue weighted by Crippen LogP contribution is 2.28. The second-order valence-electron chi connectivity index (χ2n) is 6.61. The highest BCUT2D eigenvalue weighted by Gasteiger charge is 2.16. The van der Waals surface area contributed by atoms with Crippen LogP contribution in [0.3, 0.4) is 0 Å². The van der Waals surface area contributed by atoms with Crippen molar-refractivity contribution >= 4 is 27.5 Å². The summed E-state index contributed by atoms with van der Waals surface area (Å²) in [4.78, 5) is 2.20. The van der Waals surface area contributed by atoms with E-state index in [1.54, 1.807) is 7.11 Å². The fourth-order valence-electron chi connectivity index (χ4n) is 3.23. The fourth-order valence-corrected chi connectivity index (χ4v) is 3.93. The van der Waals surface area contributed by atoms with E-state index in [0.717, 1.165) is 58.7 Å². The predicted octanol–water partition coefficient (Wildman–Crippen LogP) is 6.02. The monoisotopic (exact) mass is 448 g/mol. The van der Waals surface area contributed by atoms with Gasteiger partial charge in [-0.2, -0.15) is 5.26 Å². The molecule has 0 heterocycles. The third-order valence-corrected chi connectivity index (χ3v) is 5.57. The number of hydrogen-bond donors (Lipinski definition) is 0. The maximum Gasteiger partial charge on any atom is 0.122 e. The molecule has 144 valence electrons. The van der Waals surface area contributed by atoms with Crippen molar-refractivity contribution in [3.63, 3.8) is 0 Å². The number of nitrogens with zero attached hydrogens (tertiary/aromatic N) is 2. The largest absolute Gasteiger partial charge is 0.496 e. The van der Waals surface area contributed by atoms with Gasteiger partial charge in [-0.1, -0.05) is 46.6 Å². The SMILES string of the molecule is CCCN(Cc1cccc(Cl)c1CCc1cc(Br)ccc1OC)C(C)C#N. The van der Waals surface area contributed by atoms with Gasteiger partial charge in [-0.25, -0.2) is 0 Å². The molecule has 2 aromatic rings. The van der Waals surface area contributed by atoms with Crippen LogP contribution in [0, 0.1) is 11.3 Å². The smallest absolute Gasteiger partial charge is 0.122 e. The van der Waals surface area contributed by atoms with Crippen molar-refractivity contribution in [2.45, 2.75) is 45.7 Å². The van der Waals surface area contributed by atoms with Gasteiger partial charge in [0, 0.05) is 16.0 Å². The molecule has 0 bridgehead atoms. The summed E-state index contributed by atoms with van der Waals surface area (Å²) in [5, 5.41) is 10.1. The third kappa shape index (κ3) is 5.97. The minimum Gasteiger partial charge on any atom is -0.496 e. The quantitative estimate of drug-likeness (QED) is 0.469. The summed E-state index contributed by atoms with van der Waals surface area (Å²) >= 11 is 10.1. The molecule has 0 fully saturated rings. The van der Waals surface area contributed by atoms with E-state index in [-0.39, 0.29) is 6.04 Å². The molecule has 0 saturated heterocycles. The molecule has 0 N–H and O–H groups in total. The zero-order valence-corrected chi connectivity index (χ0v) is 18.5. The average molecular weight is 450 g/mol. The van der Waals surface area contributed by atoms with Gasteiger partial charge >= 0.3 is 0 Å². The van der Waals surface area contributed by atoms with Crippen molar-refractivity contribution < 1.29 is 4.74 Å². The van der Waals surface area contributed by atoms with Crippen LogP contribution in [0.2, 0.25) is 5.02 Å². The van der Waals surface area contributed by atoms with Crippen LogP contribution in [0.4, 0.5) is 0 Å². The fraction of sp³-hybridized carbons (Fsp3) is 0.409. The van der Waals surface area contributed by atoms with Gasteiger partial charge in [0.05, 0.1) is 19.2 Å². The van der Waals surface area contributed by atoms with Crippen molar-refractivity contribution in [1.82, 2.24) is 4.90 Å². The minimum absolute atomic E-state index is 0.123. The van der Waals surface area contributed by atoms with Crippen LogP contribution in [-0.4, -0.2) is 24.6 Å². The molecule has 1 atom stereocenters. The van der Waals surface area contributed by atoms with Gasteiger partial charge in [-0.3, -0.25) is 4.90 Å². The molecule has 0 saturated carbocycles. The second-order valence-corrected chi connectivity index (χ2v) is 7.93. The first-order valence-electron chi connectivity index (χ1n) is 9.22. The lowest BCUT2D eigenvalue weighted by Crippen LogP contribution is -2.32. The van der Waals surface area contributed by atoms with Crippen molar-refractivity contribution in [1.29, 1.82) is 5.26 Å². The molecule has 0 amide bonds. The van der Waals surface area contributed by atoms with E-state index in [1.165, 1.54) is 5.56 Å². The molecule has 3 nitrogen and oxygen atoms in total. The minimum atomic E-state index is -0.123. The molecule has 0 spiro atoms. The summed E-state index contributed by atoms with van der Waals surface area (Å²) in [5.74, 6) is 0.887. The molecule has 2 aromatic carbocycles. The number of benzene rings is 2. The molecule has 0 aliphatic carbocycles. The van der Waals surface area contributed by atoms with Crippen molar-refractivity contribution in [2.75, 3.05) is 13.7 Å². The number of ether oxygens (including phenoxy) is 1. The molecule has 5 heteroatoms. The van der Waals surface area contributed by atoms with Crippen molar-refractivity contribution in [2.24, 2.45) is 0 Å². The molecule has 27 heavy (non-hydrogen) atoms. The van der Waals surface area contributed by atoms with Crippen LogP contribution in [0.15, 0.2) is 40.9 Å². The Labute approximate surface area is 176 Å². The van der Waals surface area contributed by atoms with Crippen LogP contribution in [-0.2, 0) is 19.4 Å². The third-order valence-electron chi connectivity index (χ3n) is 4.72. The lowest BCUT2D eigenvalue weighted by atomic mass is 9.98. The molecule has 2 rings (SSSR count). The predicted molar refractivity (Wildman–Crippen MR) is 115 cm³/mol. The molecule has 1 unspecified atom stereocenters. The van der Waals surface area contributed by atoms with Crippen LogP contribution in [0.1, 0.15) is 37.0 Å². The Balaban J connectivity index is 2.25. The first-order valence-corrected chi connectivity index (χ1v) is 10.4. The number of aryl methyl sites for hydroxylation is 1. The first-order chi connectivity index (χ1) is 13.0. The van der Waals surface area contributed by atoms with E-state index in [2.05, 4.69) is 46.0 Å². The first kappa shape index (κ1) is 21.8. The summed E-state index contributed by atoms with van der Waals surface area (Å²) in [6, 6.07) is 14.3. The standard InChI is InChI=1S/C22H26BrClN2O/c1-4-12-26(16(2)14-25)15-18-6-5-7-21(24)20(18)10-8-17-13-19(23)9-11-22(17)27-3/h5-7,9,11,13,16H,4,8,10,12,15H2,1-3H3. The van der Waals surface area contributed by atoms with E-state index in [4.69, 9.17) is 16.3 Å². The van der Waals surface area contributed by atoms with E-state index in [1.807, 2.05) is 31.2 Å². The van der Waals surface area contributed by atoms with Gasteiger partial charge in [-0.15, -0.1) is 0 Å². The molecule has 0 aromatic heterocycles. The van der Waals surface area contributed by atoms with Gasteiger partial charge in [0.15, 0.2) is 0 Å². The van der Waals surface area contributed by atoms with Crippen LogP contribution in [0.5, 0.6) is 5.75 Å². The maximum absolute atomic E-state index is 9.33. The lowest BCUT2D eigenvalue weighted by molar-refractivity contribution is 0.237. The molecular weight excluding hydrogens is 424 g/mol. The average Bonchev–Trinajstić information content (AvgIpc) is 2.66. The normalized spacial score (nSPS) is 12.0. The number of methoxy groups -OCH3 is 1. The maximum atomic E-state index is 9.33. The van der Waals surface area contributed by atoms with E-state index in [0.29, 0.717) is 0 Å². The zero-order valence-electron chi connectivity index (χ0n) is 16.1. The van der Waals surface area contributed by atoms with Gasteiger partial charge in [0.2, 0.25) is 0 Å². The molecule has 0 aliphatic heterocycles. The number of hydrogen-bond acceptors (Lipinski definition) is 3. The van der Waals surface area contributed by atoms with Crippen LogP contribution < -0.4 is 4.74 Å². The van der Waals surface area contributed by atoms with Gasteiger partial charge in [0.1, 0.15) is 5.75 Å².